The van der Waals surface area contributed by atoms with Crippen LogP contribution in [0.1, 0.15) is 6.92 Å². The van der Waals surface area contributed by atoms with Crippen LogP contribution in [0.2, 0.25) is 0 Å². The summed E-state index contributed by atoms with van der Waals surface area (Å²) in [5.41, 5.74) is -0.238. The largest absolute Gasteiger partial charge is 0.493 e. The standard InChI is InChI=1S/C8H10N4O4/c1-5(13)11(9)8-7(16-2)3-6(4-10-8)12(14)15/h3-4H,9H2,1-2H3. The van der Waals surface area contributed by atoms with Crippen molar-refractivity contribution < 1.29 is 14.5 Å². The first kappa shape index (κ1) is 11.9. The fraction of sp³-hybridized carbons (Fsp3) is 0.250. The highest BCUT2D eigenvalue weighted by Crippen LogP contribution is 2.27. The maximum Gasteiger partial charge on any atom is 0.291 e. The fourth-order valence-corrected chi connectivity index (χ4v) is 1.01. The number of ether oxygens (including phenoxy) is 1. The van der Waals surface area contributed by atoms with Gasteiger partial charge >= 0.3 is 0 Å². The summed E-state index contributed by atoms with van der Waals surface area (Å²) in [5, 5.41) is 11.2. The predicted octanol–water partition coefficient (Wildman–Crippen LogP) is 0.225. The Kier molecular flexibility index (Phi) is 3.36. The zero-order valence-corrected chi connectivity index (χ0v) is 8.71. The van der Waals surface area contributed by atoms with E-state index in [1.807, 2.05) is 0 Å². The Morgan fingerprint density at radius 2 is 2.31 bits per heavy atom. The summed E-state index contributed by atoms with van der Waals surface area (Å²) < 4.78 is 4.87. The summed E-state index contributed by atoms with van der Waals surface area (Å²) in [5.74, 6) is 5.04. The van der Waals surface area contributed by atoms with Gasteiger partial charge in [0, 0.05) is 6.92 Å². The van der Waals surface area contributed by atoms with E-state index in [4.69, 9.17) is 10.6 Å². The Balaban J connectivity index is 3.21. The van der Waals surface area contributed by atoms with Gasteiger partial charge in [0.15, 0.2) is 11.6 Å². The van der Waals surface area contributed by atoms with Gasteiger partial charge in [-0.2, -0.15) is 0 Å². The summed E-state index contributed by atoms with van der Waals surface area (Å²) >= 11 is 0. The molecule has 1 aromatic rings. The van der Waals surface area contributed by atoms with Gasteiger partial charge < -0.3 is 4.74 Å². The molecule has 8 nitrogen and oxygen atoms in total. The molecular weight excluding hydrogens is 216 g/mol. The molecule has 1 aromatic heterocycles. The maximum absolute atomic E-state index is 11.0. The number of rotatable bonds is 3. The van der Waals surface area contributed by atoms with Crippen molar-refractivity contribution >= 4 is 17.4 Å². The quantitative estimate of drug-likeness (QED) is 0.341. The summed E-state index contributed by atoms with van der Waals surface area (Å²) in [6, 6.07) is 1.14. The molecule has 0 radical (unpaired) electrons. The molecule has 86 valence electrons. The molecule has 0 fully saturated rings. The lowest BCUT2D eigenvalue weighted by Gasteiger charge is -2.15. The molecule has 0 saturated carbocycles. The molecule has 0 aromatic carbocycles. The molecule has 0 atom stereocenters. The molecule has 1 amide bonds. The van der Waals surface area contributed by atoms with E-state index < -0.39 is 10.8 Å². The average molecular weight is 226 g/mol. The fourth-order valence-electron chi connectivity index (χ4n) is 1.01. The molecule has 2 N–H and O–H groups in total. The number of pyridine rings is 1. The van der Waals surface area contributed by atoms with Gasteiger partial charge in [0.05, 0.1) is 18.1 Å². The van der Waals surface area contributed by atoms with Gasteiger partial charge in [-0.15, -0.1) is 0 Å². The van der Waals surface area contributed by atoms with Crippen LogP contribution in [0.5, 0.6) is 5.75 Å². The van der Waals surface area contributed by atoms with Crippen molar-refractivity contribution in [1.82, 2.24) is 4.98 Å². The van der Waals surface area contributed by atoms with E-state index in [1.54, 1.807) is 0 Å². The van der Waals surface area contributed by atoms with Crippen molar-refractivity contribution in [3.63, 3.8) is 0 Å². The smallest absolute Gasteiger partial charge is 0.291 e. The first-order valence-corrected chi connectivity index (χ1v) is 4.21. The molecule has 1 heterocycles. The minimum Gasteiger partial charge on any atom is -0.493 e. The Hall–Kier alpha value is -2.22. The number of carbonyl (C=O) groups excluding carboxylic acids is 1. The molecule has 0 aliphatic carbocycles. The number of nitrogens with two attached hydrogens (primary N) is 1. The Bertz CT molecular complexity index is 434. The topological polar surface area (TPSA) is 112 Å². The van der Waals surface area contributed by atoms with E-state index >= 15 is 0 Å². The summed E-state index contributed by atoms with van der Waals surface area (Å²) in [6.07, 6.45) is 1.00. The van der Waals surface area contributed by atoms with Crippen LogP contribution in [0.3, 0.4) is 0 Å². The van der Waals surface area contributed by atoms with E-state index in [2.05, 4.69) is 4.98 Å². The van der Waals surface area contributed by atoms with E-state index in [0.717, 1.165) is 17.3 Å². The van der Waals surface area contributed by atoms with Crippen molar-refractivity contribution in [3.8, 4) is 5.75 Å². The monoisotopic (exact) mass is 226 g/mol. The van der Waals surface area contributed by atoms with E-state index in [9.17, 15) is 14.9 Å². The van der Waals surface area contributed by atoms with Crippen molar-refractivity contribution in [1.29, 1.82) is 0 Å². The molecule has 0 saturated heterocycles. The molecular formula is C8H10N4O4. The zero-order valence-electron chi connectivity index (χ0n) is 8.71. The van der Waals surface area contributed by atoms with Crippen LogP contribution in [0.4, 0.5) is 11.5 Å². The van der Waals surface area contributed by atoms with Gasteiger partial charge in [-0.05, 0) is 0 Å². The van der Waals surface area contributed by atoms with Crippen LogP contribution in [-0.4, -0.2) is 22.9 Å². The molecule has 8 heteroatoms. The number of methoxy groups -OCH3 is 1. The Morgan fingerprint density at radius 3 is 2.75 bits per heavy atom. The SMILES string of the molecule is COc1cc([N+](=O)[O-])cnc1N(N)C(C)=O. The lowest BCUT2D eigenvalue weighted by atomic mass is 10.3. The van der Waals surface area contributed by atoms with Crippen molar-refractivity contribution in [3.05, 3.63) is 22.4 Å². The van der Waals surface area contributed by atoms with Gasteiger partial charge in [-0.1, -0.05) is 0 Å². The number of amides is 1. The third-order valence-electron chi connectivity index (χ3n) is 1.82. The minimum absolute atomic E-state index is 0.0283. The highest BCUT2D eigenvalue weighted by molar-refractivity contribution is 5.90. The Labute approximate surface area is 90.7 Å². The third-order valence-corrected chi connectivity index (χ3v) is 1.82. The lowest BCUT2D eigenvalue weighted by molar-refractivity contribution is -0.385. The number of nitro groups is 1. The number of carbonyl (C=O) groups is 1. The highest BCUT2D eigenvalue weighted by Gasteiger charge is 2.18. The highest BCUT2D eigenvalue weighted by atomic mass is 16.6. The van der Waals surface area contributed by atoms with Crippen LogP contribution >= 0.6 is 0 Å². The summed E-state index contributed by atoms with van der Waals surface area (Å²) in [4.78, 5) is 24.6. The third kappa shape index (κ3) is 2.23. The van der Waals surface area contributed by atoms with Crippen LogP contribution in [0.15, 0.2) is 12.3 Å². The Morgan fingerprint density at radius 1 is 1.69 bits per heavy atom. The number of aromatic nitrogens is 1. The normalized spacial score (nSPS) is 9.69. The van der Waals surface area contributed by atoms with E-state index in [-0.39, 0.29) is 17.3 Å². The molecule has 16 heavy (non-hydrogen) atoms. The molecule has 1 rings (SSSR count). The van der Waals surface area contributed by atoms with Crippen LogP contribution in [0, 0.1) is 10.1 Å². The second-order valence-corrected chi connectivity index (χ2v) is 2.87. The van der Waals surface area contributed by atoms with Gasteiger partial charge in [0.1, 0.15) is 6.20 Å². The zero-order chi connectivity index (χ0) is 12.3. The van der Waals surface area contributed by atoms with Gasteiger partial charge in [0.25, 0.3) is 5.69 Å². The number of hydrazine groups is 1. The minimum atomic E-state index is -0.617. The van der Waals surface area contributed by atoms with Crippen LogP contribution in [-0.2, 0) is 4.79 Å². The van der Waals surface area contributed by atoms with Crippen LogP contribution < -0.4 is 15.6 Å². The van der Waals surface area contributed by atoms with E-state index in [1.165, 1.54) is 14.0 Å². The first-order valence-electron chi connectivity index (χ1n) is 4.21. The second-order valence-electron chi connectivity index (χ2n) is 2.87. The summed E-state index contributed by atoms with van der Waals surface area (Å²) in [6.45, 7) is 1.24. The molecule has 0 aliphatic rings. The van der Waals surface area contributed by atoms with E-state index in [0.29, 0.717) is 0 Å². The van der Waals surface area contributed by atoms with Gasteiger partial charge in [-0.3, -0.25) is 14.9 Å². The van der Waals surface area contributed by atoms with Crippen molar-refractivity contribution in [2.75, 3.05) is 12.1 Å². The van der Waals surface area contributed by atoms with Gasteiger partial charge in [-0.25, -0.2) is 15.8 Å². The first-order chi connectivity index (χ1) is 7.47. The number of hydrogen-bond acceptors (Lipinski definition) is 6. The average Bonchev–Trinajstić information content (AvgIpc) is 2.26. The molecule has 0 bridgehead atoms. The van der Waals surface area contributed by atoms with Crippen molar-refractivity contribution in [2.24, 2.45) is 5.84 Å². The van der Waals surface area contributed by atoms with Crippen LogP contribution in [0.25, 0.3) is 0 Å². The number of nitrogens with zero attached hydrogens (tertiary/aromatic N) is 3. The molecule has 0 aliphatic heterocycles. The predicted molar refractivity (Wildman–Crippen MR) is 54.8 cm³/mol. The maximum atomic E-state index is 11.0. The second kappa shape index (κ2) is 4.53. The number of hydrogen-bond donors (Lipinski definition) is 1. The molecule has 0 spiro atoms. The van der Waals surface area contributed by atoms with Gasteiger partial charge in [0.2, 0.25) is 5.91 Å². The lowest BCUT2D eigenvalue weighted by Crippen LogP contribution is -2.36. The van der Waals surface area contributed by atoms with Crippen molar-refractivity contribution in [2.45, 2.75) is 6.92 Å². The number of anilines is 1. The molecule has 0 unspecified atom stereocenters. The summed E-state index contributed by atoms with van der Waals surface area (Å²) in [7, 11) is 1.30.